The molecule has 0 aliphatic carbocycles. The summed E-state index contributed by atoms with van der Waals surface area (Å²) >= 11 is 0. The Morgan fingerprint density at radius 2 is 1.71 bits per heavy atom. The van der Waals surface area contributed by atoms with Crippen molar-refractivity contribution in [2.45, 2.75) is 32.2 Å². The van der Waals surface area contributed by atoms with Gasteiger partial charge < -0.3 is 15.0 Å². The molecule has 1 aromatic rings. The first-order valence-electron chi connectivity index (χ1n) is 7.41. The third-order valence-electron chi connectivity index (χ3n) is 3.70. The zero-order valence-electron chi connectivity index (χ0n) is 12.4. The lowest BCUT2D eigenvalue weighted by Gasteiger charge is -2.19. The summed E-state index contributed by atoms with van der Waals surface area (Å²) in [5.74, 6) is -0.163. The maximum absolute atomic E-state index is 12.1. The highest BCUT2D eigenvalue weighted by molar-refractivity contribution is 6.34. The zero-order valence-corrected chi connectivity index (χ0v) is 12.4. The van der Waals surface area contributed by atoms with Gasteiger partial charge in [0.05, 0.1) is 7.11 Å². The van der Waals surface area contributed by atoms with E-state index in [4.69, 9.17) is 4.74 Å². The summed E-state index contributed by atoms with van der Waals surface area (Å²) < 4.78 is 5.08. The number of nitrogens with one attached hydrogen (secondary N) is 1. The molecule has 5 nitrogen and oxygen atoms in total. The van der Waals surface area contributed by atoms with Crippen molar-refractivity contribution in [3.63, 3.8) is 0 Å². The smallest absolute Gasteiger partial charge is 0.311 e. The first-order chi connectivity index (χ1) is 10.2. The third-order valence-corrected chi connectivity index (χ3v) is 3.70. The molecule has 1 fully saturated rings. The molecule has 0 radical (unpaired) electrons. The lowest BCUT2D eigenvalue weighted by Crippen LogP contribution is -2.43. The minimum Gasteiger partial charge on any atom is -0.497 e. The average molecular weight is 290 g/mol. The van der Waals surface area contributed by atoms with E-state index >= 15 is 0 Å². The fourth-order valence-corrected chi connectivity index (χ4v) is 2.42. The van der Waals surface area contributed by atoms with Crippen LogP contribution in [-0.4, -0.2) is 36.9 Å². The molecule has 0 saturated carbocycles. The van der Waals surface area contributed by atoms with E-state index < -0.39 is 11.8 Å². The van der Waals surface area contributed by atoms with Gasteiger partial charge in [-0.25, -0.2) is 0 Å². The van der Waals surface area contributed by atoms with Gasteiger partial charge in [-0.3, -0.25) is 9.59 Å². The number of amides is 2. The highest BCUT2D eigenvalue weighted by Gasteiger charge is 2.22. The molecule has 5 heteroatoms. The molecule has 1 aromatic carbocycles. The predicted molar refractivity (Wildman–Crippen MR) is 79.9 cm³/mol. The summed E-state index contributed by atoms with van der Waals surface area (Å²) in [6.07, 6.45) is 4.24. The molecule has 114 valence electrons. The molecule has 0 aromatic heterocycles. The quantitative estimate of drug-likeness (QED) is 0.862. The molecular formula is C16H22N2O3. The summed E-state index contributed by atoms with van der Waals surface area (Å²) in [5, 5.41) is 2.68. The maximum atomic E-state index is 12.1. The molecule has 0 spiro atoms. The first-order valence-corrected chi connectivity index (χ1v) is 7.41. The normalized spacial score (nSPS) is 15.2. The van der Waals surface area contributed by atoms with Crippen LogP contribution in [0.25, 0.3) is 0 Å². The summed E-state index contributed by atoms with van der Waals surface area (Å²) in [6.45, 7) is 1.73. The Kier molecular flexibility index (Phi) is 5.60. The fourth-order valence-electron chi connectivity index (χ4n) is 2.42. The van der Waals surface area contributed by atoms with Crippen molar-refractivity contribution in [1.29, 1.82) is 0 Å². The molecule has 0 atom stereocenters. The van der Waals surface area contributed by atoms with Crippen molar-refractivity contribution in [1.82, 2.24) is 10.2 Å². The Bertz CT molecular complexity index is 477. The predicted octanol–water partition coefficient (Wildman–Crippen LogP) is 1.71. The van der Waals surface area contributed by atoms with Crippen LogP contribution in [0.1, 0.15) is 31.2 Å². The van der Waals surface area contributed by atoms with Crippen molar-refractivity contribution in [2.24, 2.45) is 0 Å². The summed E-state index contributed by atoms with van der Waals surface area (Å²) in [4.78, 5) is 25.7. The molecule has 21 heavy (non-hydrogen) atoms. The van der Waals surface area contributed by atoms with Crippen molar-refractivity contribution in [2.75, 3.05) is 20.2 Å². The van der Waals surface area contributed by atoms with E-state index in [9.17, 15) is 9.59 Å². The van der Waals surface area contributed by atoms with Crippen molar-refractivity contribution >= 4 is 11.8 Å². The van der Waals surface area contributed by atoms with Crippen LogP contribution in [0.2, 0.25) is 0 Å². The number of hydrogen-bond donors (Lipinski definition) is 1. The number of carbonyl (C=O) groups excluding carboxylic acids is 2. The molecule has 2 amide bonds. The van der Waals surface area contributed by atoms with E-state index in [-0.39, 0.29) is 0 Å². The van der Waals surface area contributed by atoms with Crippen LogP contribution in [0.5, 0.6) is 5.75 Å². The lowest BCUT2D eigenvalue weighted by atomic mass is 10.2. The van der Waals surface area contributed by atoms with Crippen LogP contribution >= 0.6 is 0 Å². The Balaban J connectivity index is 1.83. The minimum atomic E-state index is -0.521. The standard InChI is InChI=1S/C16H22N2O3/c1-21-14-8-6-13(7-9-14)12-17-15(19)16(20)18-10-4-2-3-5-11-18/h6-9H,2-5,10-12H2,1H3,(H,17,19). The van der Waals surface area contributed by atoms with Crippen molar-refractivity contribution < 1.29 is 14.3 Å². The van der Waals surface area contributed by atoms with Crippen LogP contribution in [0.3, 0.4) is 0 Å². The van der Waals surface area contributed by atoms with Gasteiger partial charge in [0.2, 0.25) is 0 Å². The molecule has 0 bridgehead atoms. The van der Waals surface area contributed by atoms with Crippen LogP contribution < -0.4 is 10.1 Å². The molecule has 1 aliphatic heterocycles. The van der Waals surface area contributed by atoms with Gasteiger partial charge in [0.1, 0.15) is 5.75 Å². The van der Waals surface area contributed by atoms with Crippen molar-refractivity contribution in [3.05, 3.63) is 29.8 Å². The van der Waals surface area contributed by atoms with Gasteiger partial charge in [-0.15, -0.1) is 0 Å². The minimum absolute atomic E-state index is 0.350. The number of nitrogens with zero attached hydrogens (tertiary/aromatic N) is 1. The number of methoxy groups -OCH3 is 1. The Morgan fingerprint density at radius 3 is 2.29 bits per heavy atom. The second-order valence-corrected chi connectivity index (χ2v) is 5.24. The van der Waals surface area contributed by atoms with Gasteiger partial charge in [-0.05, 0) is 30.5 Å². The number of benzene rings is 1. The Morgan fingerprint density at radius 1 is 1.10 bits per heavy atom. The highest BCUT2D eigenvalue weighted by Crippen LogP contribution is 2.11. The first kappa shape index (κ1) is 15.4. The van der Waals surface area contributed by atoms with Crippen LogP contribution in [-0.2, 0) is 16.1 Å². The molecule has 2 rings (SSSR count). The fraction of sp³-hybridized carbons (Fsp3) is 0.500. The number of hydrogen-bond acceptors (Lipinski definition) is 3. The molecule has 1 aliphatic rings. The largest absolute Gasteiger partial charge is 0.497 e. The van der Waals surface area contributed by atoms with Crippen LogP contribution in [0, 0.1) is 0 Å². The maximum Gasteiger partial charge on any atom is 0.311 e. The van der Waals surface area contributed by atoms with Crippen molar-refractivity contribution in [3.8, 4) is 5.75 Å². The number of likely N-dealkylation sites (tertiary alicyclic amines) is 1. The third kappa shape index (κ3) is 4.48. The second-order valence-electron chi connectivity index (χ2n) is 5.24. The molecule has 1 N–H and O–H groups in total. The number of carbonyl (C=O) groups is 2. The van der Waals surface area contributed by atoms with Crippen LogP contribution in [0.4, 0.5) is 0 Å². The Labute approximate surface area is 125 Å². The topological polar surface area (TPSA) is 58.6 Å². The van der Waals surface area contributed by atoms with E-state index in [1.165, 1.54) is 0 Å². The van der Waals surface area contributed by atoms with Gasteiger partial charge in [-0.1, -0.05) is 25.0 Å². The molecule has 1 saturated heterocycles. The zero-order chi connectivity index (χ0) is 15.1. The molecular weight excluding hydrogens is 268 g/mol. The SMILES string of the molecule is COc1ccc(CNC(=O)C(=O)N2CCCCCC2)cc1. The van der Waals surface area contributed by atoms with Crippen LogP contribution in [0.15, 0.2) is 24.3 Å². The molecule has 1 heterocycles. The number of rotatable bonds is 3. The highest BCUT2D eigenvalue weighted by atomic mass is 16.5. The molecule has 0 unspecified atom stereocenters. The van der Waals surface area contributed by atoms with Gasteiger partial charge in [0.15, 0.2) is 0 Å². The van der Waals surface area contributed by atoms with Gasteiger partial charge in [-0.2, -0.15) is 0 Å². The lowest BCUT2D eigenvalue weighted by molar-refractivity contribution is -0.145. The second kappa shape index (κ2) is 7.67. The van der Waals surface area contributed by atoms with Gasteiger partial charge in [0.25, 0.3) is 0 Å². The summed E-state index contributed by atoms with van der Waals surface area (Å²) in [7, 11) is 1.61. The summed E-state index contributed by atoms with van der Waals surface area (Å²) in [5.41, 5.74) is 0.938. The van der Waals surface area contributed by atoms with Gasteiger partial charge >= 0.3 is 11.8 Å². The Hall–Kier alpha value is -2.04. The van der Waals surface area contributed by atoms with E-state index in [1.54, 1.807) is 12.0 Å². The average Bonchev–Trinajstić information content (AvgIpc) is 2.81. The van der Waals surface area contributed by atoms with E-state index in [0.717, 1.165) is 37.0 Å². The monoisotopic (exact) mass is 290 g/mol. The van der Waals surface area contributed by atoms with E-state index in [1.807, 2.05) is 24.3 Å². The summed E-state index contributed by atoms with van der Waals surface area (Å²) in [6, 6.07) is 7.40. The van der Waals surface area contributed by atoms with Gasteiger partial charge in [0, 0.05) is 19.6 Å². The van der Waals surface area contributed by atoms with E-state index in [2.05, 4.69) is 5.32 Å². The number of ether oxygens (including phenoxy) is 1. The van der Waals surface area contributed by atoms with E-state index in [0.29, 0.717) is 19.6 Å².